The van der Waals surface area contributed by atoms with Crippen LogP contribution in [0.25, 0.3) is 0 Å². The summed E-state index contributed by atoms with van der Waals surface area (Å²) in [6.45, 7) is 0. The average molecular weight is 224 g/mol. The summed E-state index contributed by atoms with van der Waals surface area (Å²) in [6, 6.07) is 4.57. The monoisotopic (exact) mass is 223 g/mol. The molecule has 0 bridgehead atoms. The van der Waals surface area contributed by atoms with Crippen molar-refractivity contribution in [2.75, 3.05) is 6.26 Å². The summed E-state index contributed by atoms with van der Waals surface area (Å²) in [7, 11) is -2.74. The third-order valence-corrected chi connectivity index (χ3v) is 3.17. The van der Waals surface area contributed by atoms with E-state index in [1.54, 1.807) is 6.07 Å². The molecule has 1 atom stereocenters. The Kier molecular flexibility index (Phi) is 2.66. The highest BCUT2D eigenvalue weighted by Gasteiger charge is 2.08. The third kappa shape index (κ3) is 2.12. The van der Waals surface area contributed by atoms with Gasteiger partial charge in [-0.1, -0.05) is 23.2 Å². The number of hydrogen-bond acceptors (Lipinski definition) is 2. The van der Waals surface area contributed by atoms with Crippen molar-refractivity contribution >= 4 is 32.9 Å². The molecule has 0 aliphatic heterocycles. The van der Waals surface area contributed by atoms with Crippen molar-refractivity contribution in [2.24, 2.45) is 0 Å². The van der Waals surface area contributed by atoms with Crippen LogP contribution in [-0.2, 0) is 9.73 Å². The van der Waals surface area contributed by atoms with E-state index in [-0.39, 0.29) is 5.02 Å². The normalized spacial score (nSPS) is 15.6. The zero-order valence-electron chi connectivity index (χ0n) is 6.30. The first-order valence-corrected chi connectivity index (χ1v) is 5.82. The van der Waals surface area contributed by atoms with Gasteiger partial charge in [-0.3, -0.25) is 0 Å². The molecule has 1 unspecified atom stereocenters. The van der Waals surface area contributed by atoms with Crippen molar-refractivity contribution < 1.29 is 4.21 Å². The molecule has 0 heterocycles. The van der Waals surface area contributed by atoms with Crippen LogP contribution in [0.5, 0.6) is 0 Å². The molecule has 1 aromatic rings. The van der Waals surface area contributed by atoms with Gasteiger partial charge in [-0.05, 0) is 18.2 Å². The molecule has 66 valence electrons. The summed E-state index contributed by atoms with van der Waals surface area (Å²) < 4.78 is 18.5. The summed E-state index contributed by atoms with van der Waals surface area (Å²) in [4.78, 5) is 0.327. The van der Waals surface area contributed by atoms with Gasteiger partial charge in [0.1, 0.15) is 0 Å². The molecule has 0 spiro atoms. The second-order valence-electron chi connectivity index (χ2n) is 2.42. The molecule has 0 radical (unpaired) electrons. The lowest BCUT2D eigenvalue weighted by Crippen LogP contribution is -1.95. The fourth-order valence-electron chi connectivity index (χ4n) is 0.791. The number of nitrogens with one attached hydrogen (secondary N) is 1. The summed E-state index contributed by atoms with van der Waals surface area (Å²) >= 11 is 11.4. The van der Waals surface area contributed by atoms with E-state index in [0.717, 1.165) is 0 Å². The highest BCUT2D eigenvalue weighted by Crippen LogP contribution is 2.24. The van der Waals surface area contributed by atoms with Gasteiger partial charge in [0.15, 0.2) is 0 Å². The quantitative estimate of drug-likeness (QED) is 0.782. The van der Waals surface area contributed by atoms with E-state index in [4.69, 9.17) is 28.0 Å². The average Bonchev–Trinajstić information content (AvgIpc) is 1.83. The van der Waals surface area contributed by atoms with E-state index in [0.29, 0.717) is 9.92 Å². The zero-order valence-corrected chi connectivity index (χ0v) is 8.63. The number of halogens is 2. The van der Waals surface area contributed by atoms with Crippen molar-refractivity contribution in [3.63, 3.8) is 0 Å². The highest BCUT2D eigenvalue weighted by atomic mass is 35.5. The molecular formula is C7H7Cl2NOS. The van der Waals surface area contributed by atoms with Crippen LogP contribution in [0.15, 0.2) is 23.1 Å². The van der Waals surface area contributed by atoms with Crippen LogP contribution >= 0.6 is 23.2 Å². The molecule has 0 aromatic heterocycles. The molecule has 0 saturated heterocycles. The van der Waals surface area contributed by atoms with Crippen LogP contribution in [0.3, 0.4) is 0 Å². The molecule has 0 fully saturated rings. The van der Waals surface area contributed by atoms with E-state index >= 15 is 0 Å². The standard InChI is InChI=1S/C7H7Cl2NOS/c1-12(10,11)7-3-2-5(8)4-6(7)9/h2-4,10H,1H3. The first-order chi connectivity index (χ1) is 5.41. The molecule has 2 nitrogen and oxygen atoms in total. The second kappa shape index (κ2) is 3.24. The van der Waals surface area contributed by atoms with Gasteiger partial charge >= 0.3 is 0 Å². The smallest absolute Gasteiger partial charge is 0.0711 e. The number of hydrogen-bond donors (Lipinski definition) is 1. The van der Waals surface area contributed by atoms with Gasteiger partial charge in [0, 0.05) is 11.3 Å². The molecule has 1 rings (SSSR count). The molecule has 1 aromatic carbocycles. The van der Waals surface area contributed by atoms with Gasteiger partial charge in [0.25, 0.3) is 0 Å². The van der Waals surface area contributed by atoms with Gasteiger partial charge in [-0.2, -0.15) is 0 Å². The minimum Gasteiger partial charge on any atom is -0.249 e. The summed E-state index contributed by atoms with van der Waals surface area (Å²) in [5, 5.41) is 0.761. The van der Waals surface area contributed by atoms with Crippen molar-refractivity contribution in [1.29, 1.82) is 4.78 Å². The lowest BCUT2D eigenvalue weighted by atomic mass is 10.4. The van der Waals surface area contributed by atoms with E-state index in [9.17, 15) is 4.21 Å². The van der Waals surface area contributed by atoms with Crippen LogP contribution in [-0.4, -0.2) is 10.5 Å². The zero-order chi connectivity index (χ0) is 9.35. The van der Waals surface area contributed by atoms with Gasteiger partial charge < -0.3 is 0 Å². The topological polar surface area (TPSA) is 40.9 Å². The Hall–Kier alpha value is -0.250. The van der Waals surface area contributed by atoms with E-state index in [1.165, 1.54) is 18.4 Å². The highest BCUT2D eigenvalue weighted by molar-refractivity contribution is 7.91. The summed E-state index contributed by atoms with van der Waals surface area (Å²) in [5.74, 6) is 0. The Morgan fingerprint density at radius 3 is 2.42 bits per heavy atom. The fraction of sp³-hybridized carbons (Fsp3) is 0.143. The van der Waals surface area contributed by atoms with E-state index < -0.39 is 9.73 Å². The number of rotatable bonds is 1. The Bertz CT molecular complexity index is 400. The van der Waals surface area contributed by atoms with Crippen molar-refractivity contribution in [3.8, 4) is 0 Å². The van der Waals surface area contributed by atoms with E-state index in [1.807, 2.05) is 0 Å². The first-order valence-electron chi connectivity index (χ1n) is 3.10. The maximum absolute atomic E-state index is 11.3. The van der Waals surface area contributed by atoms with Gasteiger partial charge in [-0.15, -0.1) is 0 Å². The van der Waals surface area contributed by atoms with Crippen LogP contribution in [0.4, 0.5) is 0 Å². The predicted molar refractivity (Wildman–Crippen MR) is 51.5 cm³/mol. The lowest BCUT2D eigenvalue weighted by molar-refractivity contribution is 0.679. The van der Waals surface area contributed by atoms with Gasteiger partial charge in [0.2, 0.25) is 0 Å². The minimum absolute atomic E-state index is 0.282. The molecule has 12 heavy (non-hydrogen) atoms. The molecular weight excluding hydrogens is 217 g/mol. The molecule has 0 aliphatic rings. The van der Waals surface area contributed by atoms with E-state index in [2.05, 4.69) is 0 Å². The van der Waals surface area contributed by atoms with Crippen LogP contribution < -0.4 is 0 Å². The Morgan fingerprint density at radius 1 is 1.42 bits per heavy atom. The molecule has 0 amide bonds. The summed E-state index contributed by atoms with van der Waals surface area (Å²) in [5.41, 5.74) is 0. The Morgan fingerprint density at radius 2 is 2.00 bits per heavy atom. The largest absolute Gasteiger partial charge is 0.249 e. The van der Waals surface area contributed by atoms with Crippen molar-refractivity contribution in [3.05, 3.63) is 28.2 Å². The first kappa shape index (κ1) is 9.84. The predicted octanol–water partition coefficient (Wildman–Crippen LogP) is 3.03. The van der Waals surface area contributed by atoms with Gasteiger partial charge in [0.05, 0.1) is 19.6 Å². The van der Waals surface area contributed by atoms with Gasteiger partial charge in [-0.25, -0.2) is 8.99 Å². The SMILES string of the molecule is CS(=N)(=O)c1ccc(Cl)cc1Cl. The van der Waals surface area contributed by atoms with Crippen LogP contribution in [0.2, 0.25) is 10.0 Å². The maximum atomic E-state index is 11.3. The molecule has 5 heteroatoms. The minimum atomic E-state index is -2.74. The fourth-order valence-corrected chi connectivity index (χ4v) is 2.40. The Balaban J connectivity index is 3.39. The second-order valence-corrected chi connectivity index (χ2v) is 5.39. The van der Waals surface area contributed by atoms with Crippen molar-refractivity contribution in [1.82, 2.24) is 0 Å². The molecule has 0 saturated carbocycles. The summed E-state index contributed by atoms with van der Waals surface area (Å²) in [6.07, 6.45) is 1.32. The number of benzene rings is 1. The van der Waals surface area contributed by atoms with Crippen molar-refractivity contribution in [2.45, 2.75) is 4.90 Å². The Labute approximate surface area is 81.5 Å². The molecule has 1 N–H and O–H groups in total. The lowest BCUT2D eigenvalue weighted by Gasteiger charge is -2.03. The van der Waals surface area contributed by atoms with Crippen LogP contribution in [0.1, 0.15) is 0 Å². The third-order valence-electron chi connectivity index (χ3n) is 1.31. The van der Waals surface area contributed by atoms with Crippen LogP contribution in [0, 0.1) is 4.78 Å². The molecule has 0 aliphatic carbocycles. The maximum Gasteiger partial charge on any atom is 0.0711 e.